The minimum Gasteiger partial charge on any atom is -0.376 e. The van der Waals surface area contributed by atoms with Gasteiger partial charge in [0.1, 0.15) is 5.82 Å². The van der Waals surface area contributed by atoms with Gasteiger partial charge in [0.2, 0.25) is 0 Å². The summed E-state index contributed by atoms with van der Waals surface area (Å²) in [6, 6.07) is 5.67. The van der Waals surface area contributed by atoms with Crippen molar-refractivity contribution < 1.29 is 9.53 Å². The normalized spacial score (nSPS) is 20.2. The van der Waals surface area contributed by atoms with E-state index in [1.807, 2.05) is 31.3 Å². The number of nitrogens with one attached hydrogen (secondary N) is 1. The topological polar surface area (TPSA) is 88.4 Å². The number of hydrogen-bond donors (Lipinski definition) is 1. The Morgan fingerprint density at radius 3 is 3.16 bits per heavy atom. The minimum atomic E-state index is -0.106. The molecule has 4 heterocycles. The number of fused-ring (bicyclic) bond motifs is 1. The maximum atomic E-state index is 12.8. The Hall–Kier alpha value is -2.74. The van der Waals surface area contributed by atoms with Gasteiger partial charge in [0, 0.05) is 26.4 Å². The predicted octanol–water partition coefficient (Wildman–Crippen LogP) is 1.41. The molecule has 0 unspecified atom stereocenters. The number of likely N-dealkylation sites (N-methyl/N-ethyl adjacent to an activating group) is 1. The van der Waals surface area contributed by atoms with Crippen LogP contribution in [0.1, 0.15) is 34.3 Å². The van der Waals surface area contributed by atoms with Crippen molar-refractivity contribution in [2.24, 2.45) is 0 Å². The van der Waals surface area contributed by atoms with E-state index in [0.717, 1.165) is 23.6 Å². The Bertz CT molecular complexity index is 901. The molecule has 0 spiro atoms. The number of H-pyrrole nitrogens is 1. The van der Waals surface area contributed by atoms with Gasteiger partial charge in [-0.25, -0.2) is 9.50 Å². The number of carbonyl (C=O) groups is 1. The zero-order valence-electron chi connectivity index (χ0n) is 14.2. The van der Waals surface area contributed by atoms with Crippen LogP contribution in [0.25, 0.3) is 5.52 Å². The molecule has 25 heavy (non-hydrogen) atoms. The van der Waals surface area contributed by atoms with Crippen LogP contribution in [0.4, 0.5) is 0 Å². The van der Waals surface area contributed by atoms with Crippen LogP contribution in [0.15, 0.2) is 30.6 Å². The number of aromatic nitrogens is 5. The van der Waals surface area contributed by atoms with Crippen molar-refractivity contribution in [2.45, 2.75) is 25.4 Å². The van der Waals surface area contributed by atoms with Crippen molar-refractivity contribution in [1.29, 1.82) is 0 Å². The molecule has 8 heteroatoms. The summed E-state index contributed by atoms with van der Waals surface area (Å²) in [6.45, 7) is 3.02. The van der Waals surface area contributed by atoms with E-state index in [-0.39, 0.29) is 17.9 Å². The van der Waals surface area contributed by atoms with Crippen LogP contribution in [-0.2, 0) is 4.74 Å². The fourth-order valence-corrected chi connectivity index (χ4v) is 3.31. The van der Waals surface area contributed by atoms with Gasteiger partial charge in [-0.1, -0.05) is 6.07 Å². The lowest BCUT2D eigenvalue weighted by Gasteiger charge is -2.23. The number of rotatable bonds is 4. The van der Waals surface area contributed by atoms with Crippen LogP contribution in [0.2, 0.25) is 0 Å². The van der Waals surface area contributed by atoms with E-state index in [1.165, 1.54) is 0 Å². The standard InChI is InChI=1S/C17H20N6O2/c1-11-19-16(21-20-11)12-6-8-25-15(12)10-22(2)17(24)13-9-18-23-7-4-3-5-14(13)23/h3-5,7,9,12,15H,6,8,10H2,1-2H3,(H,19,20,21)/t12-,15-/m1/s1. The van der Waals surface area contributed by atoms with Gasteiger partial charge in [-0.05, 0) is 25.5 Å². The summed E-state index contributed by atoms with van der Waals surface area (Å²) < 4.78 is 7.55. The molecule has 1 N–H and O–H groups in total. The fraction of sp³-hybridized carbons (Fsp3) is 0.412. The van der Waals surface area contributed by atoms with Crippen LogP contribution in [0.3, 0.4) is 0 Å². The molecule has 1 aliphatic heterocycles. The monoisotopic (exact) mass is 340 g/mol. The second-order valence-corrected chi connectivity index (χ2v) is 6.36. The summed E-state index contributed by atoms with van der Waals surface area (Å²) in [5.41, 5.74) is 1.39. The predicted molar refractivity (Wildman–Crippen MR) is 90.4 cm³/mol. The average Bonchev–Trinajstić information content (AvgIpc) is 3.33. The number of ether oxygens (including phenoxy) is 1. The zero-order valence-corrected chi connectivity index (χ0v) is 14.2. The van der Waals surface area contributed by atoms with E-state index in [0.29, 0.717) is 18.7 Å². The summed E-state index contributed by atoms with van der Waals surface area (Å²) in [6.07, 6.45) is 4.19. The number of pyridine rings is 1. The van der Waals surface area contributed by atoms with Crippen molar-refractivity contribution in [3.8, 4) is 0 Å². The van der Waals surface area contributed by atoms with Crippen molar-refractivity contribution in [2.75, 3.05) is 20.2 Å². The first kappa shape index (κ1) is 15.8. The molecule has 1 saturated heterocycles. The summed E-state index contributed by atoms with van der Waals surface area (Å²) in [5, 5.41) is 11.4. The van der Waals surface area contributed by atoms with Gasteiger partial charge in [0.15, 0.2) is 5.82 Å². The highest BCUT2D eigenvalue weighted by Gasteiger charge is 2.34. The molecule has 0 bridgehead atoms. The number of nitrogens with zero attached hydrogens (tertiary/aromatic N) is 5. The van der Waals surface area contributed by atoms with Crippen molar-refractivity contribution >= 4 is 11.4 Å². The van der Waals surface area contributed by atoms with Crippen LogP contribution in [0.5, 0.6) is 0 Å². The smallest absolute Gasteiger partial charge is 0.257 e. The maximum absolute atomic E-state index is 12.8. The number of amides is 1. The molecule has 0 aromatic carbocycles. The molecule has 1 amide bonds. The molecule has 0 radical (unpaired) electrons. The third kappa shape index (κ3) is 2.89. The van der Waals surface area contributed by atoms with Crippen LogP contribution < -0.4 is 0 Å². The summed E-state index contributed by atoms with van der Waals surface area (Å²) in [4.78, 5) is 18.9. The van der Waals surface area contributed by atoms with Crippen molar-refractivity contribution in [3.05, 3.63) is 47.8 Å². The average molecular weight is 340 g/mol. The molecule has 3 aromatic rings. The first-order chi connectivity index (χ1) is 12.1. The fourth-order valence-electron chi connectivity index (χ4n) is 3.31. The van der Waals surface area contributed by atoms with Gasteiger partial charge in [0.05, 0.1) is 29.3 Å². The van der Waals surface area contributed by atoms with E-state index in [2.05, 4.69) is 20.3 Å². The number of carbonyl (C=O) groups excluding carboxylic acids is 1. The molecule has 1 aliphatic rings. The molecule has 1 fully saturated rings. The Morgan fingerprint density at radius 1 is 1.48 bits per heavy atom. The van der Waals surface area contributed by atoms with Crippen molar-refractivity contribution in [3.63, 3.8) is 0 Å². The van der Waals surface area contributed by atoms with Gasteiger partial charge in [0.25, 0.3) is 5.91 Å². The Labute approximate surface area is 144 Å². The molecule has 0 saturated carbocycles. The van der Waals surface area contributed by atoms with Crippen LogP contribution >= 0.6 is 0 Å². The van der Waals surface area contributed by atoms with Crippen molar-refractivity contribution in [1.82, 2.24) is 29.7 Å². The molecule has 130 valence electrons. The quantitative estimate of drug-likeness (QED) is 0.776. The first-order valence-electron chi connectivity index (χ1n) is 8.32. The van der Waals surface area contributed by atoms with E-state index in [1.54, 1.807) is 22.7 Å². The van der Waals surface area contributed by atoms with Gasteiger partial charge in [-0.15, -0.1) is 0 Å². The number of aromatic amines is 1. The molecular weight excluding hydrogens is 320 g/mol. The highest BCUT2D eigenvalue weighted by atomic mass is 16.5. The SMILES string of the molecule is Cc1nc([C@@H]2CCO[C@@H]2CN(C)C(=O)c2cnn3ccccc23)n[nH]1. The largest absolute Gasteiger partial charge is 0.376 e. The van der Waals surface area contributed by atoms with E-state index in [9.17, 15) is 4.79 Å². The van der Waals surface area contributed by atoms with Gasteiger partial charge >= 0.3 is 0 Å². The van der Waals surface area contributed by atoms with Gasteiger partial charge in [-0.2, -0.15) is 10.2 Å². The number of aryl methyl sites for hydroxylation is 1. The first-order valence-corrected chi connectivity index (χ1v) is 8.32. The van der Waals surface area contributed by atoms with Gasteiger partial charge < -0.3 is 9.64 Å². The second kappa shape index (κ2) is 6.29. The van der Waals surface area contributed by atoms with E-state index < -0.39 is 0 Å². The summed E-state index contributed by atoms with van der Waals surface area (Å²) in [5.74, 6) is 1.58. The molecule has 4 rings (SSSR count). The molecular formula is C17H20N6O2. The van der Waals surface area contributed by atoms with E-state index in [4.69, 9.17) is 4.74 Å². The minimum absolute atomic E-state index is 0.0679. The lowest BCUT2D eigenvalue weighted by Crippen LogP contribution is -2.36. The molecule has 3 aromatic heterocycles. The number of hydrogen-bond acceptors (Lipinski definition) is 5. The Morgan fingerprint density at radius 2 is 2.36 bits per heavy atom. The van der Waals surface area contributed by atoms with Crippen LogP contribution in [0, 0.1) is 6.92 Å². The Balaban J connectivity index is 1.51. The highest BCUT2D eigenvalue weighted by Crippen LogP contribution is 2.29. The maximum Gasteiger partial charge on any atom is 0.257 e. The summed E-state index contributed by atoms with van der Waals surface area (Å²) >= 11 is 0. The lowest BCUT2D eigenvalue weighted by atomic mass is 10.0. The van der Waals surface area contributed by atoms with E-state index >= 15 is 0 Å². The van der Waals surface area contributed by atoms with Crippen LogP contribution in [-0.4, -0.2) is 61.9 Å². The third-order valence-corrected chi connectivity index (χ3v) is 4.61. The molecule has 8 nitrogen and oxygen atoms in total. The summed E-state index contributed by atoms with van der Waals surface area (Å²) in [7, 11) is 1.79. The Kier molecular flexibility index (Phi) is 3.96. The second-order valence-electron chi connectivity index (χ2n) is 6.36. The zero-order chi connectivity index (χ0) is 17.4. The molecule has 0 aliphatic carbocycles. The lowest BCUT2D eigenvalue weighted by molar-refractivity contribution is 0.0551. The highest BCUT2D eigenvalue weighted by molar-refractivity contribution is 6.00. The third-order valence-electron chi connectivity index (χ3n) is 4.61. The van der Waals surface area contributed by atoms with Gasteiger partial charge in [-0.3, -0.25) is 9.89 Å². The molecule has 2 atom stereocenters.